The summed E-state index contributed by atoms with van der Waals surface area (Å²) in [4.78, 5) is 41.0. The van der Waals surface area contributed by atoms with Crippen LogP contribution in [0.4, 0.5) is 14.5 Å². The molecule has 0 bridgehead atoms. The molecule has 0 saturated carbocycles. The quantitative estimate of drug-likeness (QED) is 0.410. The number of carbonyl (C=O) groups excluding carboxylic acids is 2. The Morgan fingerprint density at radius 1 is 1.18 bits per heavy atom. The van der Waals surface area contributed by atoms with Crippen molar-refractivity contribution in [2.45, 2.75) is 18.0 Å². The van der Waals surface area contributed by atoms with E-state index in [2.05, 4.69) is 10.4 Å². The predicted octanol–water partition coefficient (Wildman–Crippen LogP) is 2.29. The van der Waals surface area contributed by atoms with Gasteiger partial charge in [-0.3, -0.25) is 14.4 Å². The monoisotopic (exact) mass is 562 g/mol. The van der Waals surface area contributed by atoms with Crippen LogP contribution in [-0.2, 0) is 9.53 Å². The lowest BCUT2D eigenvalue weighted by atomic mass is 9.92. The Bertz CT molecular complexity index is 1410. The van der Waals surface area contributed by atoms with E-state index >= 15 is 8.78 Å². The van der Waals surface area contributed by atoms with Gasteiger partial charge in [0.15, 0.2) is 0 Å². The number of nitrogens with zero attached hydrogens (tertiary/aromatic N) is 3. The molecule has 2 amide bonds. The van der Waals surface area contributed by atoms with Crippen molar-refractivity contribution in [2.75, 3.05) is 38.9 Å². The molecular weight excluding hydrogens is 538 g/mol. The standard InChI is InChI=1S/C26H25ClF2N4O6/c1-38-13-16(12-34)33-25(36)21(7-8-30-33)32-11-18(22-19(28)9-17(39-2)10-20(22)29)23(26(32)37)31-24(35)14-3-5-15(27)6-4-14/h3-10,16,18,23,34H,11-13H2,1-2H3,(H,31,35)/t16?,18-,23-/m0/s1. The van der Waals surface area contributed by atoms with Crippen LogP contribution in [0, 0.1) is 11.6 Å². The molecular formula is C26H25ClF2N4O6. The number of nitrogens with one attached hydrogen (secondary N) is 1. The lowest BCUT2D eigenvalue weighted by molar-refractivity contribution is -0.118. The van der Waals surface area contributed by atoms with E-state index in [1.165, 1.54) is 50.7 Å². The summed E-state index contributed by atoms with van der Waals surface area (Å²) in [5.41, 5.74) is -1.17. The number of ether oxygens (including phenoxy) is 2. The lowest BCUT2D eigenvalue weighted by Gasteiger charge is -2.20. The van der Waals surface area contributed by atoms with Crippen LogP contribution in [0.25, 0.3) is 0 Å². The van der Waals surface area contributed by atoms with Crippen LogP contribution in [-0.4, -0.2) is 66.7 Å². The van der Waals surface area contributed by atoms with Crippen LogP contribution < -0.4 is 20.5 Å². The zero-order valence-corrected chi connectivity index (χ0v) is 21.7. The van der Waals surface area contributed by atoms with Gasteiger partial charge in [0.25, 0.3) is 11.5 Å². The topological polar surface area (TPSA) is 123 Å². The van der Waals surface area contributed by atoms with Gasteiger partial charge in [-0.1, -0.05) is 11.6 Å². The Kier molecular flexibility index (Phi) is 8.58. The van der Waals surface area contributed by atoms with Gasteiger partial charge in [0, 0.05) is 54.1 Å². The Morgan fingerprint density at radius 2 is 1.85 bits per heavy atom. The summed E-state index contributed by atoms with van der Waals surface area (Å²) in [6.07, 6.45) is 1.26. The Balaban J connectivity index is 1.77. The highest BCUT2D eigenvalue weighted by Gasteiger charge is 2.46. The number of anilines is 1. The molecule has 2 N–H and O–H groups in total. The van der Waals surface area contributed by atoms with Crippen molar-refractivity contribution >= 4 is 29.1 Å². The van der Waals surface area contributed by atoms with E-state index in [9.17, 15) is 19.5 Å². The summed E-state index contributed by atoms with van der Waals surface area (Å²) in [6.45, 7) is -0.841. The minimum absolute atomic E-state index is 0.0362. The fourth-order valence-corrected chi connectivity index (χ4v) is 4.63. The minimum atomic E-state index is -1.43. The van der Waals surface area contributed by atoms with Crippen LogP contribution >= 0.6 is 11.6 Å². The number of rotatable bonds is 9. The summed E-state index contributed by atoms with van der Waals surface area (Å²) in [5.74, 6) is -4.69. The third-order valence-corrected chi connectivity index (χ3v) is 6.67. The molecule has 206 valence electrons. The van der Waals surface area contributed by atoms with E-state index in [4.69, 9.17) is 21.1 Å². The first-order valence-electron chi connectivity index (χ1n) is 11.8. The number of benzene rings is 2. The van der Waals surface area contributed by atoms with Crippen molar-refractivity contribution in [3.63, 3.8) is 0 Å². The first-order valence-corrected chi connectivity index (χ1v) is 12.2. The molecule has 2 heterocycles. The van der Waals surface area contributed by atoms with Gasteiger partial charge in [0.2, 0.25) is 5.91 Å². The van der Waals surface area contributed by atoms with Gasteiger partial charge in [0.1, 0.15) is 35.2 Å². The lowest BCUT2D eigenvalue weighted by Crippen LogP contribution is -2.45. The third kappa shape index (κ3) is 5.63. The van der Waals surface area contributed by atoms with Gasteiger partial charge < -0.3 is 24.8 Å². The van der Waals surface area contributed by atoms with Gasteiger partial charge in [-0.25, -0.2) is 13.5 Å². The Labute approximate surface area is 226 Å². The molecule has 10 nitrogen and oxygen atoms in total. The van der Waals surface area contributed by atoms with Gasteiger partial charge in [-0.2, -0.15) is 5.10 Å². The number of aliphatic hydroxyl groups is 1. The summed E-state index contributed by atoms with van der Waals surface area (Å²) in [5, 5.41) is 16.6. The summed E-state index contributed by atoms with van der Waals surface area (Å²) in [7, 11) is 2.64. The molecule has 3 aromatic rings. The van der Waals surface area contributed by atoms with E-state index in [0.29, 0.717) is 5.02 Å². The van der Waals surface area contributed by atoms with E-state index in [1.807, 2.05) is 0 Å². The maximum atomic E-state index is 15.2. The molecule has 3 atom stereocenters. The molecule has 2 aromatic carbocycles. The second kappa shape index (κ2) is 11.9. The van der Waals surface area contributed by atoms with Crippen LogP contribution in [0.5, 0.6) is 5.75 Å². The number of amides is 2. The molecule has 4 rings (SSSR count). The van der Waals surface area contributed by atoms with Crippen LogP contribution in [0.1, 0.15) is 27.9 Å². The van der Waals surface area contributed by atoms with Crippen LogP contribution in [0.15, 0.2) is 53.5 Å². The first-order chi connectivity index (χ1) is 18.7. The number of carbonyl (C=O) groups is 2. The van der Waals surface area contributed by atoms with Gasteiger partial charge in [-0.05, 0) is 30.3 Å². The number of halogens is 3. The molecule has 1 aromatic heterocycles. The van der Waals surface area contributed by atoms with Crippen molar-refractivity contribution in [1.82, 2.24) is 15.1 Å². The highest BCUT2D eigenvalue weighted by molar-refractivity contribution is 6.30. The first kappa shape index (κ1) is 28.1. The van der Waals surface area contributed by atoms with Crippen molar-refractivity contribution in [3.8, 4) is 5.75 Å². The molecule has 1 aliphatic heterocycles. The van der Waals surface area contributed by atoms with E-state index in [1.54, 1.807) is 0 Å². The van der Waals surface area contributed by atoms with E-state index in [0.717, 1.165) is 21.7 Å². The number of aliphatic hydroxyl groups excluding tert-OH is 1. The summed E-state index contributed by atoms with van der Waals surface area (Å²) >= 11 is 5.89. The number of hydrogen-bond donors (Lipinski definition) is 2. The molecule has 1 fully saturated rings. The average molecular weight is 563 g/mol. The van der Waals surface area contributed by atoms with Crippen LogP contribution in [0.3, 0.4) is 0 Å². The summed E-state index contributed by atoms with van der Waals surface area (Å²) < 4.78 is 41.3. The molecule has 1 aliphatic rings. The SMILES string of the molecule is COCC(CO)n1nccc(N2C[C@@H](c3c(F)cc(OC)cc3F)[C@H](NC(=O)c3ccc(Cl)cc3)C2=O)c1=O. The van der Waals surface area contributed by atoms with E-state index in [-0.39, 0.29) is 30.2 Å². The van der Waals surface area contributed by atoms with Crippen molar-refractivity contribution in [1.29, 1.82) is 0 Å². The van der Waals surface area contributed by atoms with E-state index < -0.39 is 59.2 Å². The summed E-state index contributed by atoms with van der Waals surface area (Å²) in [6, 6.07) is 6.79. The number of hydrogen-bond acceptors (Lipinski definition) is 7. The molecule has 13 heteroatoms. The highest BCUT2D eigenvalue weighted by atomic mass is 35.5. The zero-order valence-electron chi connectivity index (χ0n) is 20.9. The fraction of sp³-hybridized carbons (Fsp3) is 0.308. The van der Waals surface area contributed by atoms with Crippen molar-refractivity contribution in [3.05, 3.63) is 86.8 Å². The maximum Gasteiger partial charge on any atom is 0.291 e. The second-order valence-electron chi connectivity index (χ2n) is 8.78. The predicted molar refractivity (Wildman–Crippen MR) is 137 cm³/mol. The highest BCUT2D eigenvalue weighted by Crippen LogP contribution is 2.36. The van der Waals surface area contributed by atoms with Crippen molar-refractivity contribution in [2.24, 2.45) is 0 Å². The van der Waals surface area contributed by atoms with Crippen LogP contribution in [0.2, 0.25) is 5.02 Å². The largest absolute Gasteiger partial charge is 0.497 e. The maximum absolute atomic E-state index is 15.2. The third-order valence-electron chi connectivity index (χ3n) is 6.42. The van der Waals surface area contributed by atoms with Crippen molar-refractivity contribution < 1.29 is 33.0 Å². The number of aromatic nitrogens is 2. The molecule has 1 saturated heterocycles. The van der Waals surface area contributed by atoms with Gasteiger partial charge in [0.05, 0.1) is 20.3 Å². The average Bonchev–Trinajstić information content (AvgIpc) is 3.22. The molecule has 0 radical (unpaired) electrons. The number of methoxy groups -OCH3 is 2. The van der Waals surface area contributed by atoms with Gasteiger partial charge >= 0.3 is 0 Å². The molecule has 0 aliphatic carbocycles. The smallest absolute Gasteiger partial charge is 0.291 e. The van der Waals surface area contributed by atoms with Gasteiger partial charge in [-0.15, -0.1) is 0 Å². The zero-order chi connectivity index (χ0) is 28.3. The fourth-order valence-electron chi connectivity index (χ4n) is 4.50. The Morgan fingerprint density at radius 3 is 2.44 bits per heavy atom. The minimum Gasteiger partial charge on any atom is -0.497 e. The second-order valence-corrected chi connectivity index (χ2v) is 9.21. The Hall–Kier alpha value is -3.87. The molecule has 39 heavy (non-hydrogen) atoms. The normalized spacial score (nSPS) is 17.8. The molecule has 0 spiro atoms. The molecule has 1 unspecified atom stereocenters.